The van der Waals surface area contributed by atoms with Crippen LogP contribution >= 0.6 is 0 Å². The van der Waals surface area contributed by atoms with E-state index in [-0.39, 0.29) is 11.4 Å². The normalized spacial score (nSPS) is 11.7. The van der Waals surface area contributed by atoms with Crippen LogP contribution in [0.15, 0.2) is 34.9 Å². The van der Waals surface area contributed by atoms with Crippen LogP contribution in [0.3, 0.4) is 0 Å². The van der Waals surface area contributed by atoms with Crippen molar-refractivity contribution in [3.05, 3.63) is 35.9 Å². The topological polar surface area (TPSA) is 52.0 Å². The van der Waals surface area contributed by atoms with Gasteiger partial charge in [0.15, 0.2) is 0 Å². The Bertz CT molecular complexity index is 502. The molecule has 0 unspecified atom stereocenters. The van der Waals surface area contributed by atoms with Gasteiger partial charge in [-0.15, -0.1) is 0 Å². The van der Waals surface area contributed by atoms with Gasteiger partial charge in [-0.1, -0.05) is 29.4 Å². The zero-order valence-electron chi connectivity index (χ0n) is 8.66. The average molecular weight is 242 g/mol. The minimum Gasteiger partial charge on any atom is -0.368 e. The molecule has 2 rings (SSSR count). The molecule has 0 bridgehead atoms. The Kier molecular flexibility index (Phi) is 2.79. The fourth-order valence-corrected chi connectivity index (χ4v) is 1.45. The number of nitrogens with two attached hydrogens (primary N) is 1. The Balaban J connectivity index is 2.19. The molecule has 1 heterocycles. The van der Waals surface area contributed by atoms with E-state index in [1.165, 1.54) is 18.2 Å². The van der Waals surface area contributed by atoms with Crippen molar-refractivity contribution in [2.24, 2.45) is 0 Å². The first-order valence-corrected chi connectivity index (χ1v) is 4.82. The first-order valence-electron chi connectivity index (χ1n) is 4.82. The highest BCUT2D eigenvalue weighted by molar-refractivity contribution is 5.61. The summed E-state index contributed by atoms with van der Waals surface area (Å²) < 4.78 is 41.1. The van der Waals surface area contributed by atoms with Gasteiger partial charge in [-0.25, -0.2) is 0 Å². The molecule has 1 aromatic carbocycles. The van der Waals surface area contributed by atoms with Crippen molar-refractivity contribution in [1.29, 1.82) is 0 Å². The van der Waals surface area contributed by atoms with Crippen LogP contribution in [0, 0.1) is 0 Å². The molecular formula is C11H9F3N2O. The molecule has 0 saturated heterocycles. The van der Waals surface area contributed by atoms with Crippen molar-refractivity contribution < 1.29 is 17.7 Å². The van der Waals surface area contributed by atoms with Crippen molar-refractivity contribution in [1.82, 2.24) is 5.16 Å². The zero-order valence-corrected chi connectivity index (χ0v) is 8.66. The number of aromatic nitrogens is 1. The Morgan fingerprint density at radius 2 is 1.82 bits per heavy atom. The number of halogens is 3. The van der Waals surface area contributed by atoms with Crippen molar-refractivity contribution in [2.75, 3.05) is 5.73 Å². The molecule has 0 aliphatic carbocycles. The predicted molar refractivity (Wildman–Crippen MR) is 56.1 cm³/mol. The maximum atomic E-state index is 12.1. The lowest BCUT2D eigenvalue weighted by Gasteiger charge is -2.06. The summed E-state index contributed by atoms with van der Waals surface area (Å²) in [5.41, 5.74) is 6.72. The fraction of sp³-hybridized carbons (Fsp3) is 0.182. The van der Waals surface area contributed by atoms with Crippen molar-refractivity contribution >= 4 is 5.88 Å². The van der Waals surface area contributed by atoms with Crippen LogP contribution in [0.1, 0.15) is 5.56 Å². The molecule has 0 amide bonds. The average Bonchev–Trinajstić information content (AvgIpc) is 2.63. The Labute approximate surface area is 95.0 Å². The van der Waals surface area contributed by atoms with Gasteiger partial charge in [0, 0.05) is 11.6 Å². The van der Waals surface area contributed by atoms with Crippen LogP contribution in [-0.2, 0) is 6.42 Å². The molecule has 0 aliphatic rings. The van der Waals surface area contributed by atoms with E-state index >= 15 is 0 Å². The monoisotopic (exact) mass is 242 g/mol. The van der Waals surface area contributed by atoms with Crippen LogP contribution in [0.25, 0.3) is 11.3 Å². The molecule has 0 radical (unpaired) electrons. The molecule has 0 fully saturated rings. The van der Waals surface area contributed by atoms with Crippen LogP contribution in [0.4, 0.5) is 19.1 Å². The van der Waals surface area contributed by atoms with Crippen molar-refractivity contribution in [2.45, 2.75) is 12.6 Å². The van der Waals surface area contributed by atoms with Crippen LogP contribution < -0.4 is 5.73 Å². The van der Waals surface area contributed by atoms with E-state index in [4.69, 9.17) is 5.73 Å². The number of benzene rings is 1. The van der Waals surface area contributed by atoms with Crippen LogP contribution in [-0.4, -0.2) is 11.3 Å². The third-order valence-electron chi connectivity index (χ3n) is 2.18. The molecular weight excluding hydrogens is 233 g/mol. The van der Waals surface area contributed by atoms with Crippen LogP contribution in [0.2, 0.25) is 0 Å². The van der Waals surface area contributed by atoms with E-state index in [1.807, 2.05) is 0 Å². The molecule has 0 aliphatic heterocycles. The number of anilines is 1. The fourth-order valence-electron chi connectivity index (χ4n) is 1.45. The highest BCUT2D eigenvalue weighted by Crippen LogP contribution is 2.24. The lowest BCUT2D eigenvalue weighted by molar-refractivity contribution is -0.127. The summed E-state index contributed by atoms with van der Waals surface area (Å²) in [7, 11) is 0. The van der Waals surface area contributed by atoms with Gasteiger partial charge in [0.05, 0.1) is 6.42 Å². The summed E-state index contributed by atoms with van der Waals surface area (Å²) in [4.78, 5) is 0. The lowest BCUT2D eigenvalue weighted by Crippen LogP contribution is -2.11. The molecule has 90 valence electrons. The number of nitrogen functional groups attached to an aromatic ring is 1. The molecule has 0 saturated carbocycles. The third-order valence-corrected chi connectivity index (χ3v) is 2.18. The maximum absolute atomic E-state index is 12.1. The summed E-state index contributed by atoms with van der Waals surface area (Å²) in [6, 6.07) is 7.44. The molecule has 0 spiro atoms. The van der Waals surface area contributed by atoms with E-state index < -0.39 is 12.6 Å². The highest BCUT2D eigenvalue weighted by atomic mass is 19.4. The van der Waals surface area contributed by atoms with E-state index in [0.29, 0.717) is 11.3 Å². The summed E-state index contributed by atoms with van der Waals surface area (Å²) in [5, 5.41) is 3.67. The minimum absolute atomic E-state index is 0.166. The van der Waals surface area contributed by atoms with Gasteiger partial charge in [-0.2, -0.15) is 13.2 Å². The molecule has 17 heavy (non-hydrogen) atoms. The Morgan fingerprint density at radius 3 is 2.29 bits per heavy atom. The number of hydrogen-bond acceptors (Lipinski definition) is 3. The second kappa shape index (κ2) is 4.12. The van der Waals surface area contributed by atoms with Crippen LogP contribution in [0.5, 0.6) is 0 Å². The van der Waals surface area contributed by atoms with Gasteiger partial charge in [0.1, 0.15) is 5.69 Å². The first-order chi connectivity index (χ1) is 7.94. The molecule has 2 aromatic rings. The number of alkyl halides is 3. The third kappa shape index (κ3) is 2.99. The van der Waals surface area contributed by atoms with Gasteiger partial charge in [-0.3, -0.25) is 0 Å². The maximum Gasteiger partial charge on any atom is 0.393 e. The lowest BCUT2D eigenvalue weighted by atomic mass is 10.1. The molecule has 3 nitrogen and oxygen atoms in total. The van der Waals surface area contributed by atoms with E-state index in [1.54, 1.807) is 12.1 Å². The summed E-state index contributed by atoms with van der Waals surface area (Å²) >= 11 is 0. The smallest absolute Gasteiger partial charge is 0.368 e. The van der Waals surface area contributed by atoms with Gasteiger partial charge in [0.2, 0.25) is 5.88 Å². The first kappa shape index (κ1) is 11.5. The molecule has 2 N–H and O–H groups in total. The summed E-state index contributed by atoms with van der Waals surface area (Å²) in [5.74, 6) is 0.166. The largest absolute Gasteiger partial charge is 0.393 e. The molecule has 0 atom stereocenters. The van der Waals surface area contributed by atoms with Gasteiger partial charge < -0.3 is 10.3 Å². The quantitative estimate of drug-likeness (QED) is 0.880. The Hall–Kier alpha value is -1.98. The highest BCUT2D eigenvalue weighted by Gasteiger charge is 2.27. The standard InChI is InChI=1S/C11H9F3N2O/c12-11(13,14)6-7-1-3-8(4-2-7)9-5-10(15)17-16-9/h1-5H,6,15H2. The Morgan fingerprint density at radius 1 is 1.18 bits per heavy atom. The van der Waals surface area contributed by atoms with E-state index in [2.05, 4.69) is 9.68 Å². The SMILES string of the molecule is Nc1cc(-c2ccc(CC(F)(F)F)cc2)no1. The molecule has 1 aromatic heterocycles. The van der Waals surface area contributed by atoms with Gasteiger partial charge in [0.25, 0.3) is 0 Å². The number of hydrogen-bond donors (Lipinski definition) is 1. The minimum atomic E-state index is -4.19. The summed E-state index contributed by atoms with van der Waals surface area (Å²) in [6.45, 7) is 0. The van der Waals surface area contributed by atoms with Crippen molar-refractivity contribution in [3.63, 3.8) is 0 Å². The number of rotatable bonds is 2. The number of nitrogens with zero attached hydrogens (tertiary/aromatic N) is 1. The van der Waals surface area contributed by atoms with Gasteiger partial charge >= 0.3 is 6.18 Å². The second-order valence-electron chi connectivity index (χ2n) is 3.60. The van der Waals surface area contributed by atoms with E-state index in [9.17, 15) is 13.2 Å². The second-order valence-corrected chi connectivity index (χ2v) is 3.60. The molecule has 6 heteroatoms. The van der Waals surface area contributed by atoms with Crippen molar-refractivity contribution in [3.8, 4) is 11.3 Å². The van der Waals surface area contributed by atoms with E-state index in [0.717, 1.165) is 0 Å². The zero-order chi connectivity index (χ0) is 12.5. The van der Waals surface area contributed by atoms with Gasteiger partial charge in [-0.05, 0) is 5.56 Å². The summed E-state index contributed by atoms with van der Waals surface area (Å²) in [6.07, 6.45) is -5.13. The predicted octanol–water partition coefficient (Wildman–Crippen LogP) is 3.03.